The van der Waals surface area contributed by atoms with Crippen LogP contribution in [0.15, 0.2) is 47.8 Å². The van der Waals surface area contributed by atoms with Gasteiger partial charge in [0.05, 0.1) is 4.88 Å². The van der Waals surface area contributed by atoms with Crippen LogP contribution in [0.3, 0.4) is 0 Å². The van der Waals surface area contributed by atoms with Crippen LogP contribution in [0.2, 0.25) is 0 Å². The summed E-state index contributed by atoms with van der Waals surface area (Å²) in [5, 5.41) is 4.93. The number of benzene rings is 1. The second-order valence-corrected chi connectivity index (χ2v) is 6.68. The van der Waals surface area contributed by atoms with E-state index in [9.17, 15) is 9.59 Å². The highest BCUT2D eigenvalue weighted by Gasteiger charge is 2.24. The zero-order chi connectivity index (χ0) is 16.1. The second kappa shape index (κ2) is 7.42. The van der Waals surface area contributed by atoms with E-state index in [1.165, 1.54) is 17.0 Å². The van der Waals surface area contributed by atoms with Crippen LogP contribution in [0.5, 0.6) is 0 Å². The number of anilines is 1. The molecule has 0 aliphatic carbocycles. The standard InChI is InChI=1S/C18H20N2O2S/c21-16(17-7-4-12-23-17)8-9-18(22)19-14-10-11-20(13-14)15-5-2-1-3-6-15/h1-7,12,14H,8-11,13H2,(H,19,22). The van der Waals surface area contributed by atoms with Crippen molar-refractivity contribution in [2.24, 2.45) is 0 Å². The van der Waals surface area contributed by atoms with Crippen LogP contribution in [0, 0.1) is 0 Å². The molecule has 1 amide bonds. The van der Waals surface area contributed by atoms with Gasteiger partial charge in [-0.15, -0.1) is 11.3 Å². The van der Waals surface area contributed by atoms with Crippen molar-refractivity contribution in [3.8, 4) is 0 Å². The maximum atomic E-state index is 12.0. The maximum Gasteiger partial charge on any atom is 0.220 e. The van der Waals surface area contributed by atoms with Crippen LogP contribution in [-0.2, 0) is 4.79 Å². The molecule has 1 atom stereocenters. The number of hydrogen-bond acceptors (Lipinski definition) is 4. The smallest absolute Gasteiger partial charge is 0.220 e. The summed E-state index contributed by atoms with van der Waals surface area (Å²) in [6, 6.07) is 14.1. The van der Waals surface area contributed by atoms with E-state index >= 15 is 0 Å². The van der Waals surface area contributed by atoms with Gasteiger partial charge in [0.2, 0.25) is 5.91 Å². The first kappa shape index (κ1) is 15.7. The van der Waals surface area contributed by atoms with Gasteiger partial charge in [-0.05, 0) is 30.0 Å². The molecule has 1 N–H and O–H groups in total. The highest BCUT2D eigenvalue weighted by Crippen LogP contribution is 2.20. The van der Waals surface area contributed by atoms with Gasteiger partial charge >= 0.3 is 0 Å². The molecular formula is C18H20N2O2S. The Morgan fingerprint density at radius 3 is 2.70 bits per heavy atom. The van der Waals surface area contributed by atoms with Crippen molar-refractivity contribution < 1.29 is 9.59 Å². The fourth-order valence-corrected chi connectivity index (χ4v) is 3.53. The van der Waals surface area contributed by atoms with Gasteiger partial charge in [0.1, 0.15) is 0 Å². The number of ketones is 1. The molecule has 1 aromatic heterocycles. The lowest BCUT2D eigenvalue weighted by Gasteiger charge is -2.18. The van der Waals surface area contributed by atoms with Gasteiger partial charge < -0.3 is 10.2 Å². The molecule has 0 bridgehead atoms. The molecule has 120 valence electrons. The van der Waals surface area contributed by atoms with Crippen LogP contribution in [0.25, 0.3) is 0 Å². The van der Waals surface area contributed by atoms with Crippen molar-refractivity contribution in [3.05, 3.63) is 52.7 Å². The van der Waals surface area contributed by atoms with Gasteiger partial charge in [-0.25, -0.2) is 0 Å². The summed E-state index contributed by atoms with van der Waals surface area (Å²) in [4.78, 5) is 27.0. The molecule has 1 aliphatic rings. The van der Waals surface area contributed by atoms with Crippen molar-refractivity contribution in [2.45, 2.75) is 25.3 Å². The van der Waals surface area contributed by atoms with E-state index in [4.69, 9.17) is 0 Å². The lowest BCUT2D eigenvalue weighted by molar-refractivity contribution is -0.121. The molecule has 1 unspecified atom stereocenters. The maximum absolute atomic E-state index is 12.0. The van der Waals surface area contributed by atoms with Gasteiger partial charge in [-0.1, -0.05) is 24.3 Å². The number of hydrogen-bond donors (Lipinski definition) is 1. The molecule has 2 heterocycles. The highest BCUT2D eigenvalue weighted by atomic mass is 32.1. The predicted octanol–water partition coefficient (Wildman–Crippen LogP) is 3.11. The fraction of sp³-hybridized carbons (Fsp3) is 0.333. The van der Waals surface area contributed by atoms with E-state index in [1.807, 2.05) is 29.6 Å². The summed E-state index contributed by atoms with van der Waals surface area (Å²) in [5.41, 5.74) is 1.19. The summed E-state index contributed by atoms with van der Waals surface area (Å²) in [7, 11) is 0. The largest absolute Gasteiger partial charge is 0.369 e. The van der Waals surface area contributed by atoms with Crippen molar-refractivity contribution >= 4 is 28.7 Å². The van der Waals surface area contributed by atoms with Crippen LogP contribution in [0.4, 0.5) is 5.69 Å². The molecule has 1 aliphatic heterocycles. The third kappa shape index (κ3) is 4.20. The molecular weight excluding hydrogens is 308 g/mol. The minimum Gasteiger partial charge on any atom is -0.369 e. The first-order valence-electron chi connectivity index (χ1n) is 7.88. The zero-order valence-corrected chi connectivity index (χ0v) is 13.7. The number of carbonyl (C=O) groups is 2. The van der Waals surface area contributed by atoms with Crippen LogP contribution < -0.4 is 10.2 Å². The summed E-state index contributed by atoms with van der Waals surface area (Å²) in [5.74, 6) is 0.0160. The Balaban J connectivity index is 1.43. The van der Waals surface area contributed by atoms with Gasteiger partial charge in [-0.3, -0.25) is 9.59 Å². The van der Waals surface area contributed by atoms with Gasteiger partial charge in [0.25, 0.3) is 0 Å². The first-order valence-corrected chi connectivity index (χ1v) is 8.76. The van der Waals surface area contributed by atoms with Gasteiger partial charge in [0.15, 0.2) is 5.78 Å². The Morgan fingerprint density at radius 1 is 1.13 bits per heavy atom. The topological polar surface area (TPSA) is 49.4 Å². The number of nitrogens with one attached hydrogen (secondary N) is 1. The lowest BCUT2D eigenvalue weighted by Crippen LogP contribution is -2.37. The number of amides is 1. The summed E-state index contributed by atoms with van der Waals surface area (Å²) >= 11 is 1.43. The van der Waals surface area contributed by atoms with Crippen molar-refractivity contribution in [1.82, 2.24) is 5.32 Å². The Labute approximate surface area is 140 Å². The van der Waals surface area contributed by atoms with Crippen molar-refractivity contribution in [3.63, 3.8) is 0 Å². The summed E-state index contributed by atoms with van der Waals surface area (Å²) < 4.78 is 0. The third-order valence-electron chi connectivity index (χ3n) is 4.05. The first-order chi connectivity index (χ1) is 11.2. The van der Waals surface area contributed by atoms with E-state index in [-0.39, 0.29) is 30.6 Å². The minimum absolute atomic E-state index is 0.0326. The molecule has 3 rings (SSSR count). The molecule has 0 saturated carbocycles. The van der Waals surface area contributed by atoms with Crippen molar-refractivity contribution in [1.29, 1.82) is 0 Å². The summed E-state index contributed by atoms with van der Waals surface area (Å²) in [6.45, 7) is 1.78. The number of Topliss-reactive ketones (excluding diaryl/α,β-unsaturated/α-hetero) is 1. The quantitative estimate of drug-likeness (QED) is 0.829. The molecule has 23 heavy (non-hydrogen) atoms. The van der Waals surface area contributed by atoms with Gasteiger partial charge in [0, 0.05) is 37.7 Å². The molecule has 0 spiro atoms. The minimum atomic E-state index is -0.0326. The number of carbonyl (C=O) groups excluding carboxylic acids is 2. The van der Waals surface area contributed by atoms with Crippen LogP contribution >= 0.6 is 11.3 Å². The molecule has 5 heteroatoms. The third-order valence-corrected chi connectivity index (χ3v) is 4.96. The van der Waals surface area contributed by atoms with E-state index < -0.39 is 0 Å². The van der Waals surface area contributed by atoms with E-state index in [0.717, 1.165) is 24.4 Å². The summed E-state index contributed by atoms with van der Waals surface area (Å²) in [6.07, 6.45) is 1.49. The SMILES string of the molecule is O=C(CCC(=O)c1cccs1)NC1CCN(c2ccccc2)C1. The molecule has 2 aromatic rings. The lowest BCUT2D eigenvalue weighted by atomic mass is 10.1. The Hall–Kier alpha value is -2.14. The molecule has 4 nitrogen and oxygen atoms in total. The number of nitrogens with zero attached hydrogens (tertiary/aromatic N) is 1. The normalized spacial score (nSPS) is 17.2. The zero-order valence-electron chi connectivity index (χ0n) is 12.9. The van der Waals surface area contributed by atoms with E-state index in [2.05, 4.69) is 22.3 Å². The molecule has 1 fully saturated rings. The van der Waals surface area contributed by atoms with Gasteiger partial charge in [-0.2, -0.15) is 0 Å². The fourth-order valence-electron chi connectivity index (χ4n) is 2.84. The number of para-hydroxylation sites is 1. The van der Waals surface area contributed by atoms with E-state index in [0.29, 0.717) is 0 Å². The molecule has 1 saturated heterocycles. The number of thiophene rings is 1. The average Bonchev–Trinajstić information content (AvgIpc) is 3.25. The number of rotatable bonds is 6. The molecule has 0 radical (unpaired) electrons. The Kier molecular flexibility index (Phi) is 5.08. The van der Waals surface area contributed by atoms with Crippen LogP contribution in [0.1, 0.15) is 28.9 Å². The van der Waals surface area contributed by atoms with Crippen LogP contribution in [-0.4, -0.2) is 30.8 Å². The molecule has 1 aromatic carbocycles. The average molecular weight is 328 g/mol. The van der Waals surface area contributed by atoms with Crippen molar-refractivity contribution in [2.75, 3.05) is 18.0 Å². The highest BCUT2D eigenvalue weighted by molar-refractivity contribution is 7.12. The Bertz CT molecular complexity index is 655. The second-order valence-electron chi connectivity index (χ2n) is 5.74. The Morgan fingerprint density at radius 2 is 1.96 bits per heavy atom. The predicted molar refractivity (Wildman–Crippen MR) is 93.1 cm³/mol. The monoisotopic (exact) mass is 328 g/mol. The van der Waals surface area contributed by atoms with E-state index in [1.54, 1.807) is 6.07 Å².